The Kier molecular flexibility index (Phi) is 3.33. The normalized spacial score (nSPS) is 27.5. The number of sulfonamides is 1. The Morgan fingerprint density at radius 1 is 1.37 bits per heavy atom. The zero-order valence-electron chi connectivity index (χ0n) is 9.93. The summed E-state index contributed by atoms with van der Waals surface area (Å²) in [6, 6.07) is 2.83. The van der Waals surface area contributed by atoms with Gasteiger partial charge in [0.2, 0.25) is 15.9 Å². The Bertz CT molecular complexity index is 609. The van der Waals surface area contributed by atoms with E-state index < -0.39 is 16.1 Å². The highest BCUT2D eigenvalue weighted by atomic mass is 35.5. The molecule has 1 aliphatic heterocycles. The maximum absolute atomic E-state index is 12.0. The minimum atomic E-state index is -3.30. The average molecular weight is 321 g/mol. The second-order valence-corrected chi connectivity index (χ2v) is 8.60. The van der Waals surface area contributed by atoms with Crippen molar-refractivity contribution in [3.8, 4) is 0 Å². The molecule has 3 rings (SSSR count). The number of halogens is 1. The molecule has 0 aromatic carbocycles. The highest BCUT2D eigenvalue weighted by Crippen LogP contribution is 2.34. The molecule has 1 saturated carbocycles. The quantitative estimate of drug-likeness (QED) is 0.881. The lowest BCUT2D eigenvalue weighted by molar-refractivity contribution is -0.119. The van der Waals surface area contributed by atoms with Crippen molar-refractivity contribution in [2.24, 2.45) is 0 Å². The van der Waals surface area contributed by atoms with E-state index in [1.807, 2.05) is 6.07 Å². The molecule has 1 aromatic rings. The van der Waals surface area contributed by atoms with Gasteiger partial charge in [-0.25, -0.2) is 13.1 Å². The molecule has 2 unspecified atom stereocenters. The van der Waals surface area contributed by atoms with Crippen molar-refractivity contribution in [3.63, 3.8) is 0 Å². The number of carbonyl (C=O) groups excluding carboxylic acids is 1. The van der Waals surface area contributed by atoms with Gasteiger partial charge in [-0.3, -0.25) is 4.79 Å². The average Bonchev–Trinajstić information content (AvgIpc) is 3.02. The largest absolute Gasteiger partial charge is 0.347 e. The van der Waals surface area contributed by atoms with Gasteiger partial charge in [0.15, 0.2) is 0 Å². The van der Waals surface area contributed by atoms with E-state index in [0.717, 1.165) is 4.88 Å². The standard InChI is InChI=1S/C11H13ClN2O3S2/c12-9-4-3-8(18-9)11-7(5-10(15)13-11)14-19(16,17)6-1-2-6/h3-4,6-7,11,14H,1-2,5H2,(H,13,15). The van der Waals surface area contributed by atoms with E-state index in [2.05, 4.69) is 10.0 Å². The first-order valence-electron chi connectivity index (χ1n) is 6.01. The monoisotopic (exact) mass is 320 g/mol. The first kappa shape index (κ1) is 13.4. The molecule has 8 heteroatoms. The molecule has 2 fully saturated rings. The molecule has 2 N–H and O–H groups in total. The van der Waals surface area contributed by atoms with Crippen LogP contribution in [0.15, 0.2) is 12.1 Å². The third-order valence-corrected chi connectivity index (χ3v) is 6.60. The van der Waals surface area contributed by atoms with Crippen molar-refractivity contribution in [1.29, 1.82) is 0 Å². The van der Waals surface area contributed by atoms with Crippen LogP contribution in [0.25, 0.3) is 0 Å². The first-order chi connectivity index (χ1) is 8.95. The smallest absolute Gasteiger partial charge is 0.222 e. The summed E-state index contributed by atoms with van der Waals surface area (Å²) in [5, 5.41) is 2.52. The summed E-state index contributed by atoms with van der Waals surface area (Å²) in [5.41, 5.74) is 0. The predicted octanol–water partition coefficient (Wildman–Crippen LogP) is 1.41. The Hall–Kier alpha value is -0.630. The van der Waals surface area contributed by atoms with Crippen molar-refractivity contribution in [1.82, 2.24) is 10.0 Å². The number of hydrogen-bond donors (Lipinski definition) is 2. The van der Waals surface area contributed by atoms with Crippen LogP contribution in [0.2, 0.25) is 4.34 Å². The minimum absolute atomic E-state index is 0.141. The third kappa shape index (κ3) is 2.79. The number of rotatable bonds is 4. The molecule has 19 heavy (non-hydrogen) atoms. The fraction of sp³-hybridized carbons (Fsp3) is 0.545. The Morgan fingerprint density at radius 2 is 2.11 bits per heavy atom. The van der Waals surface area contributed by atoms with Gasteiger partial charge < -0.3 is 5.32 Å². The predicted molar refractivity (Wildman–Crippen MR) is 73.7 cm³/mol. The van der Waals surface area contributed by atoms with Gasteiger partial charge in [0, 0.05) is 11.3 Å². The summed E-state index contributed by atoms with van der Waals surface area (Å²) in [6.07, 6.45) is 1.59. The number of amides is 1. The van der Waals surface area contributed by atoms with Crippen molar-refractivity contribution in [2.75, 3.05) is 0 Å². The van der Waals surface area contributed by atoms with Crippen LogP contribution in [0.4, 0.5) is 0 Å². The second-order valence-electron chi connectivity index (χ2n) is 4.86. The molecule has 0 radical (unpaired) electrons. The summed E-state index contributed by atoms with van der Waals surface area (Å²) in [4.78, 5) is 12.4. The summed E-state index contributed by atoms with van der Waals surface area (Å²) < 4.78 is 27.2. The Morgan fingerprint density at radius 3 is 2.68 bits per heavy atom. The van der Waals surface area contributed by atoms with Gasteiger partial charge in [0.25, 0.3) is 0 Å². The fourth-order valence-corrected chi connectivity index (χ4v) is 4.98. The van der Waals surface area contributed by atoms with Gasteiger partial charge in [0.1, 0.15) is 0 Å². The van der Waals surface area contributed by atoms with Crippen LogP contribution in [0, 0.1) is 0 Å². The van der Waals surface area contributed by atoms with E-state index in [9.17, 15) is 13.2 Å². The van der Waals surface area contributed by atoms with E-state index >= 15 is 0 Å². The van der Waals surface area contributed by atoms with E-state index in [4.69, 9.17) is 11.6 Å². The summed E-state index contributed by atoms with van der Waals surface area (Å²) in [7, 11) is -3.30. The van der Waals surface area contributed by atoms with E-state index in [1.165, 1.54) is 11.3 Å². The molecule has 104 valence electrons. The summed E-state index contributed by atoms with van der Waals surface area (Å²) in [6.45, 7) is 0. The van der Waals surface area contributed by atoms with Crippen molar-refractivity contribution in [3.05, 3.63) is 21.3 Å². The lowest BCUT2D eigenvalue weighted by atomic mass is 10.1. The topological polar surface area (TPSA) is 75.3 Å². The molecular formula is C11H13ClN2O3S2. The maximum Gasteiger partial charge on any atom is 0.222 e. The molecule has 5 nitrogen and oxygen atoms in total. The molecule has 0 bridgehead atoms. The van der Waals surface area contributed by atoms with Crippen LogP contribution in [0.3, 0.4) is 0 Å². The van der Waals surface area contributed by atoms with Crippen molar-refractivity contribution >= 4 is 38.9 Å². The van der Waals surface area contributed by atoms with Crippen LogP contribution in [0.5, 0.6) is 0 Å². The molecule has 1 aliphatic carbocycles. The lowest BCUT2D eigenvalue weighted by Crippen LogP contribution is -2.39. The van der Waals surface area contributed by atoms with Gasteiger partial charge in [-0.1, -0.05) is 11.6 Å². The van der Waals surface area contributed by atoms with E-state index in [0.29, 0.717) is 17.2 Å². The minimum Gasteiger partial charge on any atom is -0.347 e. The zero-order valence-corrected chi connectivity index (χ0v) is 12.3. The maximum atomic E-state index is 12.0. The van der Waals surface area contributed by atoms with Crippen LogP contribution in [0.1, 0.15) is 30.2 Å². The number of nitrogens with one attached hydrogen (secondary N) is 2. The van der Waals surface area contributed by atoms with Crippen molar-refractivity contribution in [2.45, 2.75) is 36.6 Å². The third-order valence-electron chi connectivity index (χ3n) is 3.30. The van der Waals surface area contributed by atoms with Crippen LogP contribution >= 0.6 is 22.9 Å². The van der Waals surface area contributed by atoms with Gasteiger partial charge in [-0.2, -0.15) is 0 Å². The van der Waals surface area contributed by atoms with E-state index in [-0.39, 0.29) is 23.6 Å². The fourth-order valence-electron chi connectivity index (χ4n) is 2.21. The number of hydrogen-bond acceptors (Lipinski definition) is 4. The molecule has 2 aliphatic rings. The van der Waals surface area contributed by atoms with Gasteiger partial charge in [-0.15, -0.1) is 11.3 Å². The van der Waals surface area contributed by atoms with Crippen molar-refractivity contribution < 1.29 is 13.2 Å². The van der Waals surface area contributed by atoms with Crippen LogP contribution < -0.4 is 10.0 Å². The molecule has 1 amide bonds. The summed E-state index contributed by atoms with van der Waals surface area (Å²) >= 11 is 7.24. The molecule has 1 aromatic heterocycles. The molecule has 1 saturated heterocycles. The van der Waals surface area contributed by atoms with Crippen LogP contribution in [-0.2, 0) is 14.8 Å². The number of thiophene rings is 1. The highest BCUT2D eigenvalue weighted by molar-refractivity contribution is 7.90. The molecule has 0 spiro atoms. The van der Waals surface area contributed by atoms with Gasteiger partial charge in [0.05, 0.1) is 21.7 Å². The van der Waals surface area contributed by atoms with Crippen LogP contribution in [-0.4, -0.2) is 25.6 Å². The highest BCUT2D eigenvalue weighted by Gasteiger charge is 2.42. The zero-order chi connectivity index (χ0) is 13.6. The number of carbonyl (C=O) groups is 1. The lowest BCUT2D eigenvalue weighted by Gasteiger charge is -2.18. The Balaban J connectivity index is 1.80. The van der Waals surface area contributed by atoms with E-state index in [1.54, 1.807) is 6.07 Å². The first-order valence-corrected chi connectivity index (χ1v) is 8.75. The molecular weight excluding hydrogens is 308 g/mol. The van der Waals surface area contributed by atoms with Gasteiger partial charge >= 0.3 is 0 Å². The Labute approximate surface area is 120 Å². The SMILES string of the molecule is O=C1CC(NS(=O)(=O)C2CC2)C(c2ccc(Cl)s2)N1. The molecule has 2 atom stereocenters. The molecule has 2 heterocycles. The van der Waals surface area contributed by atoms with Gasteiger partial charge in [-0.05, 0) is 25.0 Å². The second kappa shape index (κ2) is 4.73. The summed E-state index contributed by atoms with van der Waals surface area (Å²) in [5.74, 6) is -0.141.